The molecule has 1 fully saturated rings. The van der Waals surface area contributed by atoms with Crippen LogP contribution in [-0.2, 0) is 0 Å². The van der Waals surface area contributed by atoms with E-state index in [0.717, 1.165) is 0 Å². The van der Waals surface area contributed by atoms with Crippen LogP contribution in [0.15, 0.2) is 24.3 Å². The Bertz CT molecular complexity index is 164. The number of allylic oxidation sites excluding steroid dienone is 4. The van der Waals surface area contributed by atoms with E-state index in [0.29, 0.717) is 5.41 Å². The van der Waals surface area contributed by atoms with E-state index < -0.39 is 0 Å². The van der Waals surface area contributed by atoms with E-state index >= 15 is 0 Å². The van der Waals surface area contributed by atoms with E-state index in [1.807, 2.05) is 0 Å². The van der Waals surface area contributed by atoms with Gasteiger partial charge in [-0.1, -0.05) is 37.1 Å². The first-order chi connectivity index (χ1) is 6.33. The van der Waals surface area contributed by atoms with E-state index in [9.17, 15) is 0 Å². The van der Waals surface area contributed by atoms with Gasteiger partial charge in [-0.2, -0.15) is 0 Å². The second kappa shape index (κ2) is 5.26. The summed E-state index contributed by atoms with van der Waals surface area (Å²) in [5, 5.41) is 0. The van der Waals surface area contributed by atoms with Crippen LogP contribution < -0.4 is 0 Å². The summed E-state index contributed by atoms with van der Waals surface area (Å²) in [5.74, 6) is 0. The fraction of sp³-hybridized carbons (Fsp3) is 0.692. The third-order valence-electron chi connectivity index (χ3n) is 3.24. The molecule has 0 saturated heterocycles. The SMILES string of the molecule is CC=CCC1(CC=CC)CCCC1. The van der Waals surface area contributed by atoms with Gasteiger partial charge in [0, 0.05) is 0 Å². The minimum Gasteiger partial charge on any atom is -0.0916 e. The van der Waals surface area contributed by atoms with Gasteiger partial charge in [0.2, 0.25) is 0 Å². The second-order valence-corrected chi connectivity index (χ2v) is 4.25. The monoisotopic (exact) mass is 178 g/mol. The van der Waals surface area contributed by atoms with E-state index in [1.54, 1.807) is 0 Å². The summed E-state index contributed by atoms with van der Waals surface area (Å²) < 4.78 is 0. The molecule has 1 aliphatic carbocycles. The smallest absolute Gasteiger partial charge is 0.0228 e. The van der Waals surface area contributed by atoms with Crippen LogP contribution in [0.3, 0.4) is 0 Å². The summed E-state index contributed by atoms with van der Waals surface area (Å²) in [7, 11) is 0. The van der Waals surface area contributed by atoms with Gasteiger partial charge < -0.3 is 0 Å². The van der Waals surface area contributed by atoms with Crippen LogP contribution in [0.5, 0.6) is 0 Å². The molecule has 0 aliphatic heterocycles. The lowest BCUT2D eigenvalue weighted by molar-refractivity contribution is 0.305. The molecule has 0 aromatic rings. The maximum atomic E-state index is 2.34. The second-order valence-electron chi connectivity index (χ2n) is 4.25. The Labute approximate surface area is 82.7 Å². The van der Waals surface area contributed by atoms with Crippen molar-refractivity contribution in [2.45, 2.75) is 52.4 Å². The zero-order valence-electron chi connectivity index (χ0n) is 9.05. The Hall–Kier alpha value is -0.520. The average molecular weight is 178 g/mol. The lowest BCUT2D eigenvalue weighted by atomic mass is 9.79. The highest BCUT2D eigenvalue weighted by Gasteiger charge is 2.30. The van der Waals surface area contributed by atoms with Crippen molar-refractivity contribution in [1.29, 1.82) is 0 Å². The van der Waals surface area contributed by atoms with Crippen LogP contribution in [0.1, 0.15) is 52.4 Å². The molecule has 0 unspecified atom stereocenters. The molecule has 0 bridgehead atoms. The maximum absolute atomic E-state index is 2.34. The van der Waals surface area contributed by atoms with Crippen LogP contribution in [0.25, 0.3) is 0 Å². The average Bonchev–Trinajstić information content (AvgIpc) is 2.61. The van der Waals surface area contributed by atoms with Gasteiger partial charge in [-0.15, -0.1) is 0 Å². The first-order valence-electron chi connectivity index (χ1n) is 5.55. The quantitative estimate of drug-likeness (QED) is 0.557. The molecule has 1 saturated carbocycles. The molecule has 1 rings (SSSR count). The largest absolute Gasteiger partial charge is 0.0916 e. The molecule has 0 heteroatoms. The topological polar surface area (TPSA) is 0 Å². The van der Waals surface area contributed by atoms with Crippen molar-refractivity contribution in [3.8, 4) is 0 Å². The van der Waals surface area contributed by atoms with Crippen molar-refractivity contribution < 1.29 is 0 Å². The van der Waals surface area contributed by atoms with Crippen LogP contribution in [-0.4, -0.2) is 0 Å². The normalized spacial score (nSPS) is 22.0. The highest BCUT2D eigenvalue weighted by molar-refractivity contribution is 4.97. The lowest BCUT2D eigenvalue weighted by Gasteiger charge is -2.26. The van der Waals surface area contributed by atoms with Gasteiger partial charge in [-0.3, -0.25) is 0 Å². The Balaban J connectivity index is 2.52. The lowest BCUT2D eigenvalue weighted by Crippen LogP contribution is -2.13. The third kappa shape index (κ3) is 3.02. The molecule has 0 amide bonds. The van der Waals surface area contributed by atoms with Crippen molar-refractivity contribution in [3.63, 3.8) is 0 Å². The van der Waals surface area contributed by atoms with Crippen molar-refractivity contribution in [2.24, 2.45) is 5.41 Å². The van der Waals surface area contributed by atoms with Crippen LogP contribution >= 0.6 is 0 Å². The Kier molecular flexibility index (Phi) is 4.27. The van der Waals surface area contributed by atoms with Crippen molar-refractivity contribution in [3.05, 3.63) is 24.3 Å². The molecule has 0 nitrogen and oxygen atoms in total. The molecule has 0 radical (unpaired) electrons. The molecule has 13 heavy (non-hydrogen) atoms. The van der Waals surface area contributed by atoms with Crippen molar-refractivity contribution >= 4 is 0 Å². The zero-order valence-corrected chi connectivity index (χ0v) is 9.05. The van der Waals surface area contributed by atoms with Crippen LogP contribution in [0.4, 0.5) is 0 Å². The molecule has 0 N–H and O–H groups in total. The van der Waals surface area contributed by atoms with Crippen LogP contribution in [0.2, 0.25) is 0 Å². The zero-order chi connectivity index (χ0) is 9.57. The van der Waals surface area contributed by atoms with E-state index in [-0.39, 0.29) is 0 Å². The number of rotatable bonds is 4. The molecular formula is C13H22. The minimum absolute atomic E-state index is 0.624. The maximum Gasteiger partial charge on any atom is -0.0228 e. The molecule has 74 valence electrons. The number of hydrogen-bond donors (Lipinski definition) is 0. The van der Waals surface area contributed by atoms with E-state index in [4.69, 9.17) is 0 Å². The Morgan fingerprint density at radius 3 is 1.77 bits per heavy atom. The summed E-state index contributed by atoms with van der Waals surface area (Å²) in [6.07, 6.45) is 17.4. The summed E-state index contributed by atoms with van der Waals surface area (Å²) in [6.45, 7) is 4.25. The highest BCUT2D eigenvalue weighted by Crippen LogP contribution is 2.44. The summed E-state index contributed by atoms with van der Waals surface area (Å²) in [6, 6.07) is 0. The van der Waals surface area contributed by atoms with Crippen molar-refractivity contribution in [1.82, 2.24) is 0 Å². The molecular weight excluding hydrogens is 156 g/mol. The van der Waals surface area contributed by atoms with Gasteiger partial charge in [-0.25, -0.2) is 0 Å². The highest BCUT2D eigenvalue weighted by atomic mass is 14.4. The van der Waals surface area contributed by atoms with Gasteiger partial charge in [0.05, 0.1) is 0 Å². The van der Waals surface area contributed by atoms with Gasteiger partial charge in [-0.05, 0) is 44.9 Å². The van der Waals surface area contributed by atoms with Gasteiger partial charge >= 0.3 is 0 Å². The molecule has 0 heterocycles. The molecule has 0 aromatic carbocycles. The van der Waals surface area contributed by atoms with Gasteiger partial charge in [0.15, 0.2) is 0 Å². The van der Waals surface area contributed by atoms with Crippen LogP contribution in [0, 0.1) is 5.41 Å². The molecule has 0 aromatic heterocycles. The first-order valence-corrected chi connectivity index (χ1v) is 5.55. The summed E-state index contributed by atoms with van der Waals surface area (Å²) in [5.41, 5.74) is 0.624. The summed E-state index contributed by atoms with van der Waals surface area (Å²) in [4.78, 5) is 0. The van der Waals surface area contributed by atoms with Crippen molar-refractivity contribution in [2.75, 3.05) is 0 Å². The predicted molar refractivity (Wildman–Crippen MR) is 59.8 cm³/mol. The minimum atomic E-state index is 0.624. The standard InChI is InChI=1S/C13H22/c1-3-5-9-13(10-6-4-2)11-7-8-12-13/h3-6H,7-12H2,1-2H3. The number of hydrogen-bond acceptors (Lipinski definition) is 0. The third-order valence-corrected chi connectivity index (χ3v) is 3.24. The Morgan fingerprint density at radius 2 is 1.38 bits per heavy atom. The Morgan fingerprint density at radius 1 is 0.923 bits per heavy atom. The molecule has 0 spiro atoms. The predicted octanol–water partition coefficient (Wildman–Crippen LogP) is 4.48. The van der Waals surface area contributed by atoms with Gasteiger partial charge in [0.1, 0.15) is 0 Å². The fourth-order valence-electron chi connectivity index (χ4n) is 2.35. The molecule has 1 aliphatic rings. The van der Waals surface area contributed by atoms with E-state index in [2.05, 4.69) is 38.2 Å². The summed E-state index contributed by atoms with van der Waals surface area (Å²) >= 11 is 0. The molecule has 0 atom stereocenters. The first kappa shape index (κ1) is 10.6. The fourth-order valence-corrected chi connectivity index (χ4v) is 2.35. The van der Waals surface area contributed by atoms with E-state index in [1.165, 1.54) is 38.5 Å². The van der Waals surface area contributed by atoms with Gasteiger partial charge in [0.25, 0.3) is 0 Å².